The molecule has 2 rings (SSSR count). The molecule has 1 aliphatic heterocycles. The van der Waals surface area contributed by atoms with Crippen LogP contribution in [0, 0.1) is 19.8 Å². The molecule has 1 aliphatic rings. The van der Waals surface area contributed by atoms with E-state index in [-0.39, 0.29) is 5.91 Å². The molecular formula is C18H28N2O. The first-order valence-electron chi connectivity index (χ1n) is 8.06. The van der Waals surface area contributed by atoms with Gasteiger partial charge in [-0.2, -0.15) is 0 Å². The van der Waals surface area contributed by atoms with Crippen molar-refractivity contribution in [1.82, 2.24) is 10.2 Å². The van der Waals surface area contributed by atoms with Gasteiger partial charge >= 0.3 is 0 Å². The molecule has 1 N–H and O–H groups in total. The highest BCUT2D eigenvalue weighted by Gasteiger charge is 2.28. The van der Waals surface area contributed by atoms with Crippen LogP contribution in [0.5, 0.6) is 0 Å². The molecular weight excluding hydrogens is 260 g/mol. The van der Waals surface area contributed by atoms with Gasteiger partial charge in [-0.05, 0) is 37.3 Å². The van der Waals surface area contributed by atoms with Crippen molar-refractivity contribution in [2.45, 2.75) is 53.1 Å². The molecule has 0 radical (unpaired) electrons. The second-order valence-corrected chi connectivity index (χ2v) is 6.34. The molecule has 21 heavy (non-hydrogen) atoms. The van der Waals surface area contributed by atoms with Crippen LogP contribution in [0.25, 0.3) is 0 Å². The topological polar surface area (TPSA) is 32.3 Å². The second-order valence-electron chi connectivity index (χ2n) is 6.34. The Morgan fingerprint density at radius 1 is 1.38 bits per heavy atom. The number of carbonyl (C=O) groups excluding carboxylic acids is 1. The fraction of sp³-hybridized carbons (Fsp3) is 0.611. The highest BCUT2D eigenvalue weighted by molar-refractivity contribution is 5.73. The molecule has 2 atom stereocenters. The van der Waals surface area contributed by atoms with Crippen LogP contribution in [0.3, 0.4) is 0 Å². The number of carbonyl (C=O) groups is 1. The third-order valence-corrected chi connectivity index (χ3v) is 4.76. The molecule has 1 aromatic rings. The lowest BCUT2D eigenvalue weighted by molar-refractivity contribution is -0.131. The molecule has 0 spiro atoms. The van der Waals surface area contributed by atoms with Gasteiger partial charge in [0.15, 0.2) is 0 Å². The van der Waals surface area contributed by atoms with Crippen molar-refractivity contribution in [3.05, 3.63) is 34.9 Å². The minimum absolute atomic E-state index is 0.210. The average molecular weight is 288 g/mol. The first kappa shape index (κ1) is 16.0. The molecule has 1 fully saturated rings. The monoisotopic (exact) mass is 288 g/mol. The maximum absolute atomic E-state index is 11.5. The zero-order chi connectivity index (χ0) is 15.4. The SMILES string of the molecule is CC[C@H]1CN(C(C)=O)CC[C@H]1NCc1ccc(C)cc1C. The highest BCUT2D eigenvalue weighted by atomic mass is 16.2. The summed E-state index contributed by atoms with van der Waals surface area (Å²) in [6.07, 6.45) is 2.18. The molecule has 1 heterocycles. The van der Waals surface area contributed by atoms with Gasteiger partial charge in [-0.1, -0.05) is 37.1 Å². The van der Waals surface area contributed by atoms with Crippen molar-refractivity contribution < 1.29 is 4.79 Å². The van der Waals surface area contributed by atoms with Gasteiger partial charge in [0.1, 0.15) is 0 Å². The van der Waals surface area contributed by atoms with Crippen LogP contribution in [0.15, 0.2) is 18.2 Å². The van der Waals surface area contributed by atoms with Crippen molar-refractivity contribution in [3.8, 4) is 0 Å². The largest absolute Gasteiger partial charge is 0.343 e. The van der Waals surface area contributed by atoms with E-state index in [1.807, 2.05) is 4.90 Å². The number of amides is 1. The molecule has 0 aromatic heterocycles. The molecule has 0 aliphatic carbocycles. The Morgan fingerprint density at radius 2 is 2.14 bits per heavy atom. The Labute approximate surface area is 128 Å². The number of likely N-dealkylation sites (tertiary alicyclic amines) is 1. The van der Waals surface area contributed by atoms with Gasteiger partial charge in [0.05, 0.1) is 0 Å². The first-order chi connectivity index (χ1) is 10.0. The van der Waals surface area contributed by atoms with E-state index in [0.717, 1.165) is 32.5 Å². The smallest absolute Gasteiger partial charge is 0.219 e. The van der Waals surface area contributed by atoms with Crippen LogP contribution in [0.2, 0.25) is 0 Å². The van der Waals surface area contributed by atoms with Gasteiger partial charge in [-0.3, -0.25) is 4.79 Å². The van der Waals surface area contributed by atoms with E-state index in [2.05, 4.69) is 44.3 Å². The fourth-order valence-corrected chi connectivity index (χ4v) is 3.29. The van der Waals surface area contributed by atoms with E-state index in [1.165, 1.54) is 16.7 Å². The van der Waals surface area contributed by atoms with Crippen molar-refractivity contribution in [2.75, 3.05) is 13.1 Å². The summed E-state index contributed by atoms with van der Waals surface area (Å²) in [6.45, 7) is 10.9. The zero-order valence-electron chi connectivity index (χ0n) is 13.8. The van der Waals surface area contributed by atoms with Crippen LogP contribution in [-0.2, 0) is 11.3 Å². The minimum Gasteiger partial charge on any atom is -0.343 e. The third kappa shape index (κ3) is 4.07. The molecule has 1 aromatic carbocycles. The normalized spacial score (nSPS) is 22.4. The second kappa shape index (κ2) is 7.08. The molecule has 0 saturated carbocycles. The lowest BCUT2D eigenvalue weighted by atomic mass is 9.89. The molecule has 116 valence electrons. The number of rotatable bonds is 4. The van der Waals surface area contributed by atoms with Crippen molar-refractivity contribution >= 4 is 5.91 Å². The minimum atomic E-state index is 0.210. The van der Waals surface area contributed by atoms with Crippen molar-refractivity contribution in [3.63, 3.8) is 0 Å². The van der Waals surface area contributed by atoms with E-state index in [1.54, 1.807) is 6.92 Å². The van der Waals surface area contributed by atoms with Crippen LogP contribution in [0.4, 0.5) is 0 Å². The Morgan fingerprint density at radius 3 is 2.76 bits per heavy atom. The summed E-state index contributed by atoms with van der Waals surface area (Å²) in [6, 6.07) is 7.17. The van der Waals surface area contributed by atoms with E-state index in [9.17, 15) is 4.79 Å². The van der Waals surface area contributed by atoms with Gasteiger partial charge in [0.25, 0.3) is 0 Å². The van der Waals surface area contributed by atoms with Crippen molar-refractivity contribution in [2.24, 2.45) is 5.92 Å². The van der Waals surface area contributed by atoms with Crippen molar-refractivity contribution in [1.29, 1.82) is 0 Å². The van der Waals surface area contributed by atoms with Gasteiger partial charge in [0, 0.05) is 32.6 Å². The summed E-state index contributed by atoms with van der Waals surface area (Å²) in [7, 11) is 0. The predicted octanol–water partition coefficient (Wildman–Crippen LogP) is 3.04. The zero-order valence-corrected chi connectivity index (χ0v) is 13.8. The lowest BCUT2D eigenvalue weighted by Gasteiger charge is -2.38. The van der Waals surface area contributed by atoms with Gasteiger partial charge < -0.3 is 10.2 Å². The fourth-order valence-electron chi connectivity index (χ4n) is 3.29. The summed E-state index contributed by atoms with van der Waals surface area (Å²) < 4.78 is 0. The van der Waals surface area contributed by atoms with Crippen LogP contribution < -0.4 is 5.32 Å². The summed E-state index contributed by atoms with van der Waals surface area (Å²) in [5.74, 6) is 0.773. The van der Waals surface area contributed by atoms with E-state index >= 15 is 0 Å². The number of benzene rings is 1. The van der Waals surface area contributed by atoms with Crippen LogP contribution in [-0.4, -0.2) is 29.9 Å². The maximum Gasteiger partial charge on any atom is 0.219 e. The average Bonchev–Trinajstić information content (AvgIpc) is 2.46. The number of hydrogen-bond donors (Lipinski definition) is 1. The molecule has 1 amide bonds. The van der Waals surface area contributed by atoms with Gasteiger partial charge in [0.2, 0.25) is 5.91 Å². The number of aryl methyl sites for hydroxylation is 2. The van der Waals surface area contributed by atoms with Crippen LogP contribution >= 0.6 is 0 Å². The first-order valence-corrected chi connectivity index (χ1v) is 8.06. The highest BCUT2D eigenvalue weighted by Crippen LogP contribution is 2.21. The van der Waals surface area contributed by atoms with Gasteiger partial charge in [-0.15, -0.1) is 0 Å². The summed E-state index contributed by atoms with van der Waals surface area (Å²) in [5, 5.41) is 3.72. The van der Waals surface area contributed by atoms with E-state index < -0.39 is 0 Å². The Hall–Kier alpha value is -1.35. The Balaban J connectivity index is 1.94. The van der Waals surface area contributed by atoms with E-state index in [0.29, 0.717) is 12.0 Å². The number of hydrogen-bond acceptors (Lipinski definition) is 2. The number of nitrogens with one attached hydrogen (secondary N) is 1. The molecule has 3 nitrogen and oxygen atoms in total. The van der Waals surface area contributed by atoms with Crippen LogP contribution in [0.1, 0.15) is 43.4 Å². The predicted molar refractivity (Wildman–Crippen MR) is 87.2 cm³/mol. The number of piperidine rings is 1. The van der Waals surface area contributed by atoms with Gasteiger partial charge in [-0.25, -0.2) is 0 Å². The third-order valence-electron chi connectivity index (χ3n) is 4.76. The number of nitrogens with zero attached hydrogens (tertiary/aromatic N) is 1. The summed E-state index contributed by atoms with van der Waals surface area (Å²) in [5.41, 5.74) is 4.05. The molecule has 1 saturated heterocycles. The van der Waals surface area contributed by atoms with E-state index in [4.69, 9.17) is 0 Å². The molecule has 3 heteroatoms. The summed E-state index contributed by atoms with van der Waals surface area (Å²) in [4.78, 5) is 13.5. The lowest BCUT2D eigenvalue weighted by Crippen LogP contribution is -2.50. The standard InChI is InChI=1S/C18H28N2O/c1-5-16-12-20(15(4)21)9-8-18(16)19-11-17-7-6-13(2)10-14(17)3/h6-7,10,16,18-19H,5,8-9,11-12H2,1-4H3/t16-,18+/m0/s1. The Bertz CT molecular complexity index is 498. The summed E-state index contributed by atoms with van der Waals surface area (Å²) >= 11 is 0. The quantitative estimate of drug-likeness (QED) is 0.923. The Kier molecular flexibility index (Phi) is 5.40. The molecule has 0 unspecified atom stereocenters. The molecule has 0 bridgehead atoms. The maximum atomic E-state index is 11.5.